The van der Waals surface area contributed by atoms with Crippen molar-refractivity contribution in [3.8, 4) is 10.6 Å². The number of amides is 1. The fourth-order valence-corrected chi connectivity index (χ4v) is 4.77. The summed E-state index contributed by atoms with van der Waals surface area (Å²) in [4.78, 5) is 22.2. The Morgan fingerprint density at radius 3 is 2.70 bits per heavy atom. The number of thiazole rings is 1. The topological polar surface area (TPSA) is 36.4 Å². The van der Waals surface area contributed by atoms with Gasteiger partial charge < -0.3 is 9.80 Å². The maximum absolute atomic E-state index is 13.2. The van der Waals surface area contributed by atoms with E-state index in [0.29, 0.717) is 34.2 Å². The summed E-state index contributed by atoms with van der Waals surface area (Å²) in [7, 11) is 0. The molecule has 0 bridgehead atoms. The lowest BCUT2D eigenvalue weighted by molar-refractivity contribution is -0.137. The van der Waals surface area contributed by atoms with Crippen LogP contribution in [-0.4, -0.2) is 53.4 Å². The number of nitrogens with zero attached hydrogens (tertiary/aromatic N) is 3. The minimum Gasteiger partial charge on any atom is -0.337 e. The molecule has 1 amide bonds. The highest BCUT2D eigenvalue weighted by Crippen LogP contribution is 2.38. The van der Waals surface area contributed by atoms with Crippen molar-refractivity contribution in [1.82, 2.24) is 14.8 Å². The Hall–Kier alpha value is -1.64. The molecule has 0 atom stereocenters. The summed E-state index contributed by atoms with van der Waals surface area (Å²) in [5.74, 6) is -0.0985. The molecule has 0 aliphatic carbocycles. The third-order valence-electron chi connectivity index (χ3n) is 5.21. The molecule has 9 heteroatoms. The van der Waals surface area contributed by atoms with Gasteiger partial charge in [-0.2, -0.15) is 13.2 Å². The van der Waals surface area contributed by atoms with Crippen LogP contribution < -0.4 is 0 Å². The summed E-state index contributed by atoms with van der Waals surface area (Å²) in [5.41, 5.74) is -0.0573. The van der Waals surface area contributed by atoms with Crippen LogP contribution in [-0.2, 0) is 6.18 Å². The Balaban J connectivity index is 1.79. The molecule has 30 heavy (non-hydrogen) atoms. The number of hydrogen-bond acceptors (Lipinski definition) is 4. The van der Waals surface area contributed by atoms with Gasteiger partial charge in [-0.25, -0.2) is 4.98 Å². The molecule has 1 saturated heterocycles. The Morgan fingerprint density at radius 2 is 2.00 bits per heavy atom. The van der Waals surface area contributed by atoms with Crippen molar-refractivity contribution in [1.29, 1.82) is 0 Å². The van der Waals surface area contributed by atoms with E-state index in [9.17, 15) is 18.0 Å². The zero-order chi connectivity index (χ0) is 21.9. The summed E-state index contributed by atoms with van der Waals surface area (Å²) in [6, 6.07) is 3.71. The number of carbonyl (C=O) groups is 1. The van der Waals surface area contributed by atoms with Crippen LogP contribution in [0, 0.1) is 6.92 Å². The first kappa shape index (κ1) is 23.0. The molecule has 0 unspecified atom stereocenters. The number of alkyl halides is 3. The monoisotopic (exact) mass is 459 g/mol. The zero-order valence-electron chi connectivity index (χ0n) is 17.1. The van der Waals surface area contributed by atoms with Gasteiger partial charge >= 0.3 is 6.18 Å². The normalized spacial score (nSPS) is 16.0. The van der Waals surface area contributed by atoms with E-state index in [1.54, 1.807) is 6.92 Å². The predicted molar refractivity (Wildman–Crippen MR) is 114 cm³/mol. The third-order valence-corrected chi connectivity index (χ3v) is 6.74. The predicted octanol–water partition coefficient (Wildman–Crippen LogP) is 5.74. The van der Waals surface area contributed by atoms with Crippen molar-refractivity contribution in [3.05, 3.63) is 39.4 Å². The number of unbranched alkanes of at least 4 members (excludes halogenated alkanes) is 1. The molecule has 0 saturated carbocycles. The number of hydrogen-bond donors (Lipinski definition) is 0. The van der Waals surface area contributed by atoms with Crippen molar-refractivity contribution in [3.63, 3.8) is 0 Å². The molecule has 0 radical (unpaired) electrons. The number of aromatic nitrogens is 1. The van der Waals surface area contributed by atoms with E-state index in [1.165, 1.54) is 12.1 Å². The van der Waals surface area contributed by atoms with E-state index in [1.807, 2.05) is 4.90 Å². The Bertz CT molecular complexity index is 900. The molecular weight excluding hydrogens is 435 g/mol. The quantitative estimate of drug-likeness (QED) is 0.572. The van der Waals surface area contributed by atoms with Crippen LogP contribution in [0.1, 0.15) is 47.1 Å². The molecule has 4 nitrogen and oxygen atoms in total. The van der Waals surface area contributed by atoms with Gasteiger partial charge in [0.25, 0.3) is 5.91 Å². The van der Waals surface area contributed by atoms with E-state index in [2.05, 4.69) is 16.8 Å². The smallest absolute Gasteiger partial charge is 0.337 e. The molecule has 164 valence electrons. The second-order valence-electron chi connectivity index (χ2n) is 7.47. The molecule has 1 fully saturated rings. The SMILES string of the molecule is CCCCN1CCCN(C(=O)c2sc(-c3ccc(Cl)c(C(F)(F)F)c3)nc2C)CC1. The molecule has 1 aromatic carbocycles. The zero-order valence-corrected chi connectivity index (χ0v) is 18.6. The molecule has 3 rings (SSSR count). The van der Waals surface area contributed by atoms with Crippen LogP contribution in [0.4, 0.5) is 13.2 Å². The minimum atomic E-state index is -4.55. The molecule has 1 aromatic heterocycles. The number of aryl methyl sites for hydroxylation is 1. The van der Waals surface area contributed by atoms with Crippen molar-refractivity contribution in [2.45, 2.75) is 39.3 Å². The van der Waals surface area contributed by atoms with Crippen LogP contribution >= 0.6 is 22.9 Å². The van der Waals surface area contributed by atoms with Gasteiger partial charge in [-0.1, -0.05) is 31.0 Å². The van der Waals surface area contributed by atoms with Gasteiger partial charge in [0.15, 0.2) is 0 Å². The van der Waals surface area contributed by atoms with Gasteiger partial charge in [0, 0.05) is 25.2 Å². The fraction of sp³-hybridized carbons (Fsp3) is 0.524. The van der Waals surface area contributed by atoms with Gasteiger partial charge in [-0.15, -0.1) is 11.3 Å². The first-order valence-corrected chi connectivity index (χ1v) is 11.3. The molecule has 1 aliphatic heterocycles. The van der Waals surface area contributed by atoms with Gasteiger partial charge in [0.1, 0.15) is 9.88 Å². The van der Waals surface area contributed by atoms with Gasteiger partial charge in [0.05, 0.1) is 16.3 Å². The number of carbonyl (C=O) groups excluding carboxylic acids is 1. The highest BCUT2D eigenvalue weighted by molar-refractivity contribution is 7.17. The molecule has 1 aliphatic rings. The Kier molecular flexibility index (Phi) is 7.42. The number of benzene rings is 1. The van der Waals surface area contributed by atoms with Gasteiger partial charge in [0.2, 0.25) is 0 Å². The van der Waals surface area contributed by atoms with Crippen molar-refractivity contribution in [2.24, 2.45) is 0 Å². The van der Waals surface area contributed by atoms with Crippen molar-refractivity contribution >= 4 is 28.8 Å². The lowest BCUT2D eigenvalue weighted by Gasteiger charge is -2.21. The minimum absolute atomic E-state index is 0.0985. The second-order valence-corrected chi connectivity index (χ2v) is 8.87. The second kappa shape index (κ2) is 9.66. The van der Waals surface area contributed by atoms with Crippen LogP contribution in [0.25, 0.3) is 10.6 Å². The van der Waals surface area contributed by atoms with E-state index >= 15 is 0 Å². The van der Waals surface area contributed by atoms with Crippen LogP contribution in [0.2, 0.25) is 5.02 Å². The Morgan fingerprint density at radius 1 is 1.23 bits per heavy atom. The molecule has 0 spiro atoms. The highest BCUT2D eigenvalue weighted by atomic mass is 35.5. The largest absolute Gasteiger partial charge is 0.417 e. The fourth-order valence-electron chi connectivity index (χ4n) is 3.52. The van der Waals surface area contributed by atoms with E-state index < -0.39 is 11.7 Å². The molecular formula is C21H25ClF3N3OS. The van der Waals surface area contributed by atoms with E-state index in [0.717, 1.165) is 56.3 Å². The van der Waals surface area contributed by atoms with Crippen LogP contribution in [0.5, 0.6) is 0 Å². The number of rotatable bonds is 5. The highest BCUT2D eigenvalue weighted by Gasteiger charge is 2.34. The van der Waals surface area contributed by atoms with Gasteiger partial charge in [-0.05, 0) is 45.0 Å². The lowest BCUT2D eigenvalue weighted by atomic mass is 10.1. The van der Waals surface area contributed by atoms with Crippen molar-refractivity contribution in [2.75, 3.05) is 32.7 Å². The summed E-state index contributed by atoms with van der Waals surface area (Å²) < 4.78 is 39.5. The summed E-state index contributed by atoms with van der Waals surface area (Å²) in [6.07, 6.45) is -1.35. The maximum Gasteiger partial charge on any atom is 0.417 e. The van der Waals surface area contributed by atoms with Crippen LogP contribution in [0.3, 0.4) is 0 Å². The average Bonchev–Trinajstić information content (AvgIpc) is 2.93. The van der Waals surface area contributed by atoms with E-state index in [-0.39, 0.29) is 10.9 Å². The van der Waals surface area contributed by atoms with Crippen LogP contribution in [0.15, 0.2) is 18.2 Å². The average molecular weight is 460 g/mol. The van der Waals surface area contributed by atoms with E-state index in [4.69, 9.17) is 11.6 Å². The third kappa shape index (κ3) is 5.34. The summed E-state index contributed by atoms with van der Waals surface area (Å²) >= 11 is 6.85. The molecule has 2 aromatic rings. The first-order valence-electron chi connectivity index (χ1n) is 10.1. The number of halogens is 4. The molecule has 2 heterocycles. The molecule has 0 N–H and O–H groups in total. The Labute approximate surface area is 183 Å². The first-order chi connectivity index (χ1) is 14.2. The summed E-state index contributed by atoms with van der Waals surface area (Å²) in [6.45, 7) is 8.06. The maximum atomic E-state index is 13.2. The summed E-state index contributed by atoms with van der Waals surface area (Å²) in [5, 5.41) is 0.0328. The van der Waals surface area contributed by atoms with Gasteiger partial charge in [-0.3, -0.25) is 4.79 Å². The lowest BCUT2D eigenvalue weighted by Crippen LogP contribution is -2.35. The standard InChI is InChI=1S/C21H25ClF3N3OS/c1-3-4-8-27-9-5-10-28(12-11-27)20(29)18-14(2)26-19(30-18)15-6-7-17(22)16(13-15)21(23,24)25/h6-7,13H,3-5,8-12H2,1-2H3. The van der Waals surface area contributed by atoms with Crippen molar-refractivity contribution < 1.29 is 18.0 Å².